The van der Waals surface area contributed by atoms with Gasteiger partial charge in [0.05, 0.1) is 0 Å². The molecule has 1 saturated heterocycles. The fraction of sp³-hybridized carbons (Fsp3) is 0.714. The number of carbonyl (C=O) groups excluding carboxylic acids is 6. The molecule has 1 rings (SSSR count). The van der Waals surface area contributed by atoms with Gasteiger partial charge >= 0.3 is 0 Å². The van der Waals surface area contributed by atoms with Gasteiger partial charge in [-0.15, -0.1) is 0 Å². The quantitative estimate of drug-likeness (QED) is 0.377. The van der Waals surface area contributed by atoms with E-state index < -0.39 is 71.7 Å². The summed E-state index contributed by atoms with van der Waals surface area (Å²) in [6.45, 7) is 8.90. The Morgan fingerprint density at radius 2 is 0.758 bits per heavy atom. The maximum absolute atomic E-state index is 12.9. The number of nitrogens with zero attached hydrogens (tertiary/aromatic N) is 3. The van der Waals surface area contributed by atoms with Crippen LogP contribution in [0.25, 0.3) is 0 Å². The molecule has 0 saturated carbocycles. The first-order valence-corrected chi connectivity index (χ1v) is 10.8. The number of nitrogens with one attached hydrogen (secondary N) is 3. The molecule has 6 amide bonds. The number of amides is 6. The normalized spacial score (nSPS) is 32.1. The largest absolute Gasteiger partial charge is 0.343 e. The Bertz CT molecular complexity index is 817. The minimum Gasteiger partial charge on any atom is -0.343 e. The van der Waals surface area contributed by atoms with Crippen molar-refractivity contribution in [3.05, 3.63) is 0 Å². The van der Waals surface area contributed by atoms with Crippen LogP contribution in [0.3, 0.4) is 0 Å². The van der Waals surface area contributed by atoms with Crippen molar-refractivity contribution in [3.8, 4) is 0 Å². The van der Waals surface area contributed by atoms with Crippen molar-refractivity contribution in [3.63, 3.8) is 0 Å². The predicted octanol–water partition coefficient (Wildman–Crippen LogP) is -1.95. The Balaban J connectivity index is 3.29. The first-order chi connectivity index (χ1) is 15.1. The molecular weight excluding hydrogens is 432 g/mol. The lowest BCUT2D eigenvalue weighted by atomic mass is 10.1. The molecule has 0 aromatic rings. The molecule has 186 valence electrons. The monoisotopic (exact) mass is 468 g/mol. The second-order valence-electron chi connectivity index (χ2n) is 8.57. The molecule has 12 heteroatoms. The van der Waals surface area contributed by atoms with E-state index in [1.54, 1.807) is 0 Å². The van der Waals surface area contributed by atoms with Crippen molar-refractivity contribution in [2.75, 3.05) is 21.1 Å². The van der Waals surface area contributed by atoms with Crippen LogP contribution in [0.5, 0.6) is 0 Å². The lowest BCUT2D eigenvalue weighted by Crippen LogP contribution is -2.59. The molecule has 6 atom stereocenters. The summed E-state index contributed by atoms with van der Waals surface area (Å²) in [4.78, 5) is 79.7. The van der Waals surface area contributed by atoms with Gasteiger partial charge in [0.15, 0.2) is 0 Å². The van der Waals surface area contributed by atoms with Crippen LogP contribution in [0, 0.1) is 0 Å². The van der Waals surface area contributed by atoms with Crippen LogP contribution < -0.4 is 16.0 Å². The summed E-state index contributed by atoms with van der Waals surface area (Å²) in [5, 5.41) is 7.60. The van der Waals surface area contributed by atoms with Gasteiger partial charge in [0, 0.05) is 21.1 Å². The molecule has 3 N–H and O–H groups in total. The van der Waals surface area contributed by atoms with Crippen molar-refractivity contribution in [1.82, 2.24) is 30.7 Å². The summed E-state index contributed by atoms with van der Waals surface area (Å²) in [6, 6.07) is -5.69. The Morgan fingerprint density at radius 1 is 0.455 bits per heavy atom. The lowest BCUT2D eigenvalue weighted by molar-refractivity contribution is -0.148. The highest BCUT2D eigenvalue weighted by Gasteiger charge is 2.34. The van der Waals surface area contributed by atoms with E-state index >= 15 is 0 Å². The molecule has 0 aromatic carbocycles. The van der Waals surface area contributed by atoms with Gasteiger partial charge in [0.2, 0.25) is 35.4 Å². The third-order valence-electron chi connectivity index (χ3n) is 6.11. The van der Waals surface area contributed by atoms with Crippen molar-refractivity contribution in [2.45, 2.75) is 77.8 Å². The van der Waals surface area contributed by atoms with E-state index in [0.29, 0.717) is 0 Å². The van der Waals surface area contributed by atoms with Gasteiger partial charge < -0.3 is 30.7 Å². The number of likely N-dealkylation sites (N-methyl/N-ethyl adjacent to an activating group) is 3. The summed E-state index contributed by atoms with van der Waals surface area (Å²) >= 11 is 0. The Hall–Kier alpha value is -3.18. The van der Waals surface area contributed by atoms with E-state index in [2.05, 4.69) is 16.0 Å². The van der Waals surface area contributed by atoms with Crippen LogP contribution in [0.2, 0.25) is 0 Å². The molecule has 0 unspecified atom stereocenters. The molecule has 0 aliphatic carbocycles. The smallest absolute Gasteiger partial charge is 0.245 e. The van der Waals surface area contributed by atoms with Crippen LogP contribution in [0.1, 0.15) is 41.5 Å². The van der Waals surface area contributed by atoms with Crippen LogP contribution in [0.4, 0.5) is 0 Å². The third-order valence-corrected chi connectivity index (χ3v) is 6.11. The van der Waals surface area contributed by atoms with Crippen molar-refractivity contribution >= 4 is 35.4 Å². The second kappa shape index (κ2) is 11.1. The van der Waals surface area contributed by atoms with E-state index in [-0.39, 0.29) is 0 Å². The number of hydrogen-bond donors (Lipinski definition) is 3. The van der Waals surface area contributed by atoms with Crippen LogP contribution in [-0.2, 0) is 28.8 Å². The summed E-state index contributed by atoms with van der Waals surface area (Å²) < 4.78 is 0. The maximum atomic E-state index is 12.9. The zero-order chi connectivity index (χ0) is 25.8. The standard InChI is InChI=1S/C21H36N6O6/c1-10-16(28)23-11(2)20(32)27(9)15(6)21(33)26(8)14(5)18(30)24-12(3)19(31)25(7)13(4)17(29)22-10/h10-15H,1-9H3,(H,22,29)(H,23,28)(H,24,30)/t10-,11-,12-,13-,14+,15-/m0/s1. The van der Waals surface area contributed by atoms with Crippen LogP contribution in [0.15, 0.2) is 0 Å². The first-order valence-electron chi connectivity index (χ1n) is 10.8. The minimum absolute atomic E-state index is 0.488. The molecule has 1 fully saturated rings. The van der Waals surface area contributed by atoms with Gasteiger partial charge in [-0.25, -0.2) is 0 Å². The average molecular weight is 469 g/mol. The highest BCUT2D eigenvalue weighted by Crippen LogP contribution is 2.08. The molecule has 0 radical (unpaired) electrons. The second-order valence-corrected chi connectivity index (χ2v) is 8.57. The SMILES string of the molecule is C[C@@H]1NC(=O)[C@H](C)N(C)C(=O)[C@H](C)NC(=O)[C@@H](C)N(C)C(=O)[C@H](C)N(C)C(=O)[C@H](C)NC1=O. The molecule has 1 aliphatic rings. The van der Waals surface area contributed by atoms with Crippen molar-refractivity contribution < 1.29 is 28.8 Å². The van der Waals surface area contributed by atoms with E-state index in [1.165, 1.54) is 72.5 Å². The highest BCUT2D eigenvalue weighted by atomic mass is 16.2. The summed E-state index contributed by atoms with van der Waals surface area (Å²) in [7, 11) is 4.27. The van der Waals surface area contributed by atoms with Gasteiger partial charge in [-0.2, -0.15) is 0 Å². The van der Waals surface area contributed by atoms with Crippen LogP contribution >= 0.6 is 0 Å². The molecule has 33 heavy (non-hydrogen) atoms. The first kappa shape index (κ1) is 27.9. The van der Waals surface area contributed by atoms with Gasteiger partial charge in [0.25, 0.3) is 0 Å². The van der Waals surface area contributed by atoms with Crippen molar-refractivity contribution in [2.24, 2.45) is 0 Å². The van der Waals surface area contributed by atoms with Crippen LogP contribution in [-0.4, -0.2) is 108 Å². The fourth-order valence-electron chi connectivity index (χ4n) is 3.19. The predicted molar refractivity (Wildman–Crippen MR) is 120 cm³/mol. The zero-order valence-electron chi connectivity index (χ0n) is 20.8. The molecule has 0 spiro atoms. The minimum atomic E-state index is -0.981. The molecule has 0 aromatic heterocycles. The van der Waals surface area contributed by atoms with Crippen molar-refractivity contribution in [1.29, 1.82) is 0 Å². The maximum Gasteiger partial charge on any atom is 0.245 e. The lowest BCUT2D eigenvalue weighted by Gasteiger charge is -2.33. The Morgan fingerprint density at radius 3 is 1.18 bits per heavy atom. The Labute approximate surface area is 194 Å². The highest BCUT2D eigenvalue weighted by molar-refractivity contribution is 5.97. The molecular formula is C21H36N6O6. The number of carbonyl (C=O) groups is 6. The Kier molecular flexibility index (Phi) is 9.37. The van der Waals surface area contributed by atoms with Gasteiger partial charge in [-0.05, 0) is 41.5 Å². The van der Waals surface area contributed by atoms with Gasteiger partial charge in [-0.1, -0.05) is 0 Å². The summed E-state index contributed by atoms with van der Waals surface area (Å²) in [6.07, 6.45) is 0. The van der Waals surface area contributed by atoms with Gasteiger partial charge in [-0.3, -0.25) is 28.8 Å². The third kappa shape index (κ3) is 6.42. The van der Waals surface area contributed by atoms with E-state index in [0.717, 1.165) is 4.90 Å². The summed E-state index contributed by atoms with van der Waals surface area (Å²) in [5.41, 5.74) is 0. The fourth-order valence-corrected chi connectivity index (χ4v) is 3.19. The summed E-state index contributed by atoms with van der Waals surface area (Å²) in [5.74, 6) is -3.24. The molecule has 1 aliphatic heterocycles. The molecule has 0 bridgehead atoms. The zero-order valence-corrected chi connectivity index (χ0v) is 20.8. The van der Waals surface area contributed by atoms with E-state index in [4.69, 9.17) is 0 Å². The topological polar surface area (TPSA) is 148 Å². The average Bonchev–Trinajstić information content (AvgIpc) is 2.78. The number of hydrogen-bond acceptors (Lipinski definition) is 6. The van der Waals surface area contributed by atoms with Gasteiger partial charge in [0.1, 0.15) is 36.3 Å². The number of rotatable bonds is 0. The van der Waals surface area contributed by atoms with E-state index in [1.807, 2.05) is 0 Å². The molecule has 12 nitrogen and oxygen atoms in total. The molecule has 1 heterocycles. The van der Waals surface area contributed by atoms with E-state index in [9.17, 15) is 28.8 Å².